The van der Waals surface area contributed by atoms with Gasteiger partial charge in [0.05, 0.1) is 12.6 Å². The van der Waals surface area contributed by atoms with Crippen LogP contribution in [0.1, 0.15) is 6.42 Å². The second-order valence-corrected chi connectivity index (χ2v) is 3.03. The Hall–Kier alpha value is -0.810. The van der Waals surface area contributed by atoms with Crippen LogP contribution in [-0.2, 0) is 0 Å². The molecule has 2 atom stereocenters. The molecule has 12 heavy (non-hydrogen) atoms. The van der Waals surface area contributed by atoms with Gasteiger partial charge in [-0.3, -0.25) is 0 Å². The van der Waals surface area contributed by atoms with E-state index in [4.69, 9.17) is 10.2 Å². The number of rotatable bonds is 1. The van der Waals surface area contributed by atoms with Gasteiger partial charge >= 0.3 is 6.09 Å². The lowest BCUT2D eigenvalue weighted by Crippen LogP contribution is -2.47. The molecule has 5 nitrogen and oxygen atoms in total. The molecule has 0 aromatic rings. The Morgan fingerprint density at radius 3 is 2.67 bits per heavy atom. The summed E-state index contributed by atoms with van der Waals surface area (Å²) >= 11 is 0. The molecule has 1 amide bonds. The van der Waals surface area contributed by atoms with Gasteiger partial charge in [-0.2, -0.15) is 0 Å². The fraction of sp³-hybridized carbons (Fsp3) is 0.857. The molecule has 1 heterocycles. The summed E-state index contributed by atoms with van der Waals surface area (Å²) in [6.45, 7) is 0.437. The molecule has 3 N–H and O–H groups in total. The zero-order chi connectivity index (χ0) is 9.14. The van der Waals surface area contributed by atoms with Gasteiger partial charge in [-0.15, -0.1) is 0 Å². The van der Waals surface area contributed by atoms with Crippen LogP contribution in [0.3, 0.4) is 0 Å². The lowest BCUT2D eigenvalue weighted by molar-refractivity contribution is 0.00244. The van der Waals surface area contributed by atoms with Crippen molar-refractivity contribution in [3.63, 3.8) is 0 Å². The lowest BCUT2D eigenvalue weighted by Gasteiger charge is -2.33. The quantitative estimate of drug-likeness (QED) is 0.494. The van der Waals surface area contributed by atoms with Gasteiger partial charge in [0.1, 0.15) is 0 Å². The first kappa shape index (κ1) is 9.28. The van der Waals surface area contributed by atoms with Gasteiger partial charge in [0.15, 0.2) is 0 Å². The van der Waals surface area contributed by atoms with Gasteiger partial charge in [-0.25, -0.2) is 4.79 Å². The molecule has 0 aliphatic carbocycles. The number of piperidine rings is 1. The van der Waals surface area contributed by atoms with Crippen LogP contribution in [0.5, 0.6) is 0 Å². The minimum absolute atomic E-state index is 0.0748. The Kier molecular flexibility index (Phi) is 2.88. The molecule has 0 radical (unpaired) electrons. The maximum absolute atomic E-state index is 10.4. The molecule has 1 rings (SSSR count). The normalized spacial score (nSPS) is 30.3. The van der Waals surface area contributed by atoms with Crippen molar-refractivity contribution >= 4 is 6.09 Å². The topological polar surface area (TPSA) is 81.0 Å². The molecule has 0 spiro atoms. The third kappa shape index (κ3) is 1.86. The summed E-state index contributed by atoms with van der Waals surface area (Å²) in [6.07, 6.45) is -1.20. The van der Waals surface area contributed by atoms with Crippen LogP contribution in [0.2, 0.25) is 0 Å². The van der Waals surface area contributed by atoms with Crippen molar-refractivity contribution in [2.24, 2.45) is 5.92 Å². The van der Waals surface area contributed by atoms with Gasteiger partial charge < -0.3 is 20.2 Å². The molecule has 0 saturated carbocycles. The minimum atomic E-state index is -1.01. The largest absolute Gasteiger partial charge is 0.465 e. The van der Waals surface area contributed by atoms with Gasteiger partial charge in [0.25, 0.3) is 0 Å². The van der Waals surface area contributed by atoms with Crippen molar-refractivity contribution in [1.29, 1.82) is 0 Å². The number of hydrogen-bond donors (Lipinski definition) is 3. The molecule has 0 bridgehead atoms. The van der Waals surface area contributed by atoms with Crippen molar-refractivity contribution in [2.75, 3.05) is 19.7 Å². The summed E-state index contributed by atoms with van der Waals surface area (Å²) in [7, 11) is 0. The zero-order valence-electron chi connectivity index (χ0n) is 6.68. The maximum atomic E-state index is 10.4. The molecular weight excluding hydrogens is 162 g/mol. The summed E-state index contributed by atoms with van der Waals surface area (Å²) in [5.74, 6) is -0.166. The molecule has 1 saturated heterocycles. The number of likely N-dealkylation sites (tertiary alicyclic amines) is 1. The Morgan fingerprint density at radius 1 is 1.58 bits per heavy atom. The third-order valence-electron chi connectivity index (χ3n) is 2.23. The molecular formula is C7H13NO4. The smallest absolute Gasteiger partial charge is 0.407 e. The number of nitrogens with zero attached hydrogens (tertiary/aromatic N) is 1. The van der Waals surface area contributed by atoms with E-state index in [1.165, 1.54) is 0 Å². The highest BCUT2D eigenvalue weighted by Gasteiger charge is 2.29. The van der Waals surface area contributed by atoms with Crippen LogP contribution < -0.4 is 0 Å². The number of hydrogen-bond acceptors (Lipinski definition) is 3. The van der Waals surface area contributed by atoms with Crippen LogP contribution >= 0.6 is 0 Å². The molecule has 1 fully saturated rings. The first-order chi connectivity index (χ1) is 5.65. The van der Waals surface area contributed by atoms with E-state index in [1.807, 2.05) is 0 Å². The third-order valence-corrected chi connectivity index (χ3v) is 2.23. The minimum Gasteiger partial charge on any atom is -0.465 e. The van der Waals surface area contributed by atoms with Crippen LogP contribution in [-0.4, -0.2) is 52.1 Å². The number of carbonyl (C=O) groups is 1. The van der Waals surface area contributed by atoms with Gasteiger partial charge in [-0.1, -0.05) is 0 Å². The molecule has 0 unspecified atom stereocenters. The average molecular weight is 175 g/mol. The molecule has 1 aliphatic heterocycles. The Labute approximate surface area is 70.2 Å². The van der Waals surface area contributed by atoms with Crippen molar-refractivity contribution in [1.82, 2.24) is 4.90 Å². The summed E-state index contributed by atoms with van der Waals surface area (Å²) < 4.78 is 0. The van der Waals surface area contributed by atoms with E-state index >= 15 is 0 Å². The number of amides is 1. The summed E-state index contributed by atoms with van der Waals surface area (Å²) in [4.78, 5) is 11.6. The maximum Gasteiger partial charge on any atom is 0.407 e. The summed E-state index contributed by atoms with van der Waals surface area (Å²) in [5.41, 5.74) is 0. The Balaban J connectivity index is 2.46. The Bertz CT molecular complexity index is 173. The second-order valence-electron chi connectivity index (χ2n) is 3.03. The molecule has 0 aromatic heterocycles. The van der Waals surface area contributed by atoms with Crippen LogP contribution in [0, 0.1) is 5.92 Å². The van der Waals surface area contributed by atoms with Gasteiger partial charge in [-0.05, 0) is 6.42 Å². The molecule has 5 heteroatoms. The first-order valence-electron chi connectivity index (χ1n) is 3.92. The summed E-state index contributed by atoms with van der Waals surface area (Å²) in [5, 5.41) is 26.7. The van der Waals surface area contributed by atoms with E-state index in [1.54, 1.807) is 0 Å². The van der Waals surface area contributed by atoms with E-state index < -0.39 is 12.2 Å². The zero-order valence-corrected chi connectivity index (χ0v) is 6.68. The number of aliphatic hydroxyl groups excluding tert-OH is 2. The van der Waals surface area contributed by atoms with E-state index in [2.05, 4.69) is 0 Å². The second kappa shape index (κ2) is 3.73. The molecule has 70 valence electrons. The van der Waals surface area contributed by atoms with Gasteiger partial charge in [0.2, 0.25) is 0 Å². The van der Waals surface area contributed by atoms with E-state index in [0.717, 1.165) is 4.90 Å². The van der Waals surface area contributed by atoms with Crippen molar-refractivity contribution in [2.45, 2.75) is 12.5 Å². The highest BCUT2D eigenvalue weighted by Crippen LogP contribution is 2.16. The lowest BCUT2D eigenvalue weighted by atomic mass is 9.95. The van der Waals surface area contributed by atoms with E-state index in [9.17, 15) is 9.90 Å². The van der Waals surface area contributed by atoms with Crippen LogP contribution in [0.15, 0.2) is 0 Å². The van der Waals surface area contributed by atoms with Crippen molar-refractivity contribution in [3.05, 3.63) is 0 Å². The van der Waals surface area contributed by atoms with E-state index in [0.29, 0.717) is 13.0 Å². The predicted molar refractivity (Wildman–Crippen MR) is 40.8 cm³/mol. The fourth-order valence-electron chi connectivity index (χ4n) is 1.37. The SMILES string of the molecule is O=C(O)N1CC[C@H](CO)[C@@H](O)C1. The van der Waals surface area contributed by atoms with Crippen LogP contribution in [0.4, 0.5) is 4.79 Å². The summed E-state index contributed by atoms with van der Waals surface area (Å²) in [6, 6.07) is 0. The number of aliphatic hydroxyl groups is 2. The Morgan fingerprint density at radius 2 is 2.25 bits per heavy atom. The highest BCUT2D eigenvalue weighted by molar-refractivity contribution is 5.65. The van der Waals surface area contributed by atoms with Crippen molar-refractivity contribution in [3.8, 4) is 0 Å². The monoisotopic (exact) mass is 175 g/mol. The van der Waals surface area contributed by atoms with Gasteiger partial charge in [0, 0.05) is 19.1 Å². The number of carboxylic acid groups (broad SMARTS) is 1. The first-order valence-corrected chi connectivity index (χ1v) is 3.92. The predicted octanol–water partition coefficient (Wildman–Crippen LogP) is -0.660. The van der Waals surface area contributed by atoms with E-state index in [-0.39, 0.29) is 19.1 Å². The standard InChI is InChI=1S/C7H13NO4/c9-4-5-1-2-8(7(11)12)3-6(5)10/h5-6,9-10H,1-4H2,(H,11,12)/t5-,6+/m1/s1. The number of β-amino-alcohol motifs (C(OH)–C–C–N with tert-alkyl or cyclic N) is 1. The molecule has 1 aliphatic rings. The van der Waals surface area contributed by atoms with Crippen molar-refractivity contribution < 1.29 is 20.1 Å². The molecule has 0 aromatic carbocycles. The average Bonchev–Trinajstić information content (AvgIpc) is 2.04. The highest BCUT2D eigenvalue weighted by atomic mass is 16.4. The van der Waals surface area contributed by atoms with Crippen LogP contribution in [0.25, 0.3) is 0 Å². The fourth-order valence-corrected chi connectivity index (χ4v) is 1.37.